The van der Waals surface area contributed by atoms with Gasteiger partial charge in [0.15, 0.2) is 5.96 Å². The van der Waals surface area contributed by atoms with E-state index in [1.807, 2.05) is 19.1 Å². The van der Waals surface area contributed by atoms with Gasteiger partial charge in [-0.3, -0.25) is 14.6 Å². The number of hydrogen-bond acceptors (Lipinski definition) is 4. The van der Waals surface area contributed by atoms with E-state index in [1.54, 1.807) is 7.05 Å². The first-order valence-electron chi connectivity index (χ1n) is 11.3. The van der Waals surface area contributed by atoms with Crippen molar-refractivity contribution in [2.45, 2.75) is 56.0 Å². The summed E-state index contributed by atoms with van der Waals surface area (Å²) in [5, 5.41) is 0. The number of nitrogens with two attached hydrogens (primary N) is 1. The molecule has 2 N–H and O–H groups in total. The van der Waals surface area contributed by atoms with Gasteiger partial charge in [0.25, 0.3) is 0 Å². The number of guanidine groups is 1. The molecule has 0 bridgehead atoms. The van der Waals surface area contributed by atoms with Crippen LogP contribution in [0.3, 0.4) is 0 Å². The van der Waals surface area contributed by atoms with Gasteiger partial charge in [0.1, 0.15) is 5.54 Å². The molecule has 31 heavy (non-hydrogen) atoms. The summed E-state index contributed by atoms with van der Waals surface area (Å²) in [6, 6.07) is 8.60. The van der Waals surface area contributed by atoms with Crippen molar-refractivity contribution < 1.29 is 4.79 Å². The van der Waals surface area contributed by atoms with Crippen molar-refractivity contribution in [2.75, 3.05) is 20.1 Å². The first kappa shape index (κ1) is 20.1. The minimum Gasteiger partial charge on any atom is -0.369 e. The second-order valence-corrected chi connectivity index (χ2v) is 9.32. The summed E-state index contributed by atoms with van der Waals surface area (Å²) in [5.41, 5.74) is 8.76. The van der Waals surface area contributed by atoms with E-state index >= 15 is 0 Å². The Morgan fingerprint density at radius 2 is 1.81 bits per heavy atom. The molecule has 5 nitrogen and oxygen atoms in total. The van der Waals surface area contributed by atoms with Crippen LogP contribution in [-0.4, -0.2) is 53.4 Å². The third-order valence-electron chi connectivity index (χ3n) is 7.18. The maximum atomic E-state index is 13.5. The molecule has 1 saturated carbocycles. The fraction of sp³-hybridized carbons (Fsp3) is 0.462. The van der Waals surface area contributed by atoms with E-state index in [9.17, 15) is 4.79 Å². The lowest BCUT2D eigenvalue weighted by atomic mass is 9.73. The number of benzene rings is 1. The molecule has 0 radical (unpaired) electrons. The van der Waals surface area contributed by atoms with Crippen LogP contribution in [0.4, 0.5) is 0 Å². The van der Waals surface area contributed by atoms with E-state index in [2.05, 4.69) is 47.1 Å². The lowest BCUT2D eigenvalue weighted by Gasteiger charge is -2.41. The normalized spacial score (nSPS) is 31.0. The minimum absolute atomic E-state index is 0.0219. The first-order chi connectivity index (χ1) is 15.0. The number of likely N-dealkylation sites (N-methyl/N-ethyl adjacent to an activating group) is 1. The zero-order valence-corrected chi connectivity index (χ0v) is 18.3. The van der Waals surface area contributed by atoms with Crippen molar-refractivity contribution in [2.24, 2.45) is 10.7 Å². The molecule has 5 rings (SSSR count). The van der Waals surface area contributed by atoms with E-state index in [0.29, 0.717) is 5.92 Å². The summed E-state index contributed by atoms with van der Waals surface area (Å²) in [6.07, 6.45) is 11.0. The molecule has 1 unspecified atom stereocenters. The quantitative estimate of drug-likeness (QED) is 0.770. The van der Waals surface area contributed by atoms with Gasteiger partial charge in [-0.2, -0.15) is 0 Å². The van der Waals surface area contributed by atoms with Crippen molar-refractivity contribution in [3.05, 3.63) is 59.2 Å². The molecule has 4 aliphatic rings. The summed E-state index contributed by atoms with van der Waals surface area (Å²) in [7, 11) is 1.71. The van der Waals surface area contributed by atoms with E-state index in [1.165, 1.54) is 36.1 Å². The predicted octanol–water partition coefficient (Wildman–Crippen LogP) is 3.16. The van der Waals surface area contributed by atoms with Crippen LogP contribution in [0.5, 0.6) is 0 Å². The monoisotopic (exact) mass is 414 g/mol. The second-order valence-electron chi connectivity index (χ2n) is 9.32. The van der Waals surface area contributed by atoms with Gasteiger partial charge in [-0.25, -0.2) is 4.99 Å². The maximum absolute atomic E-state index is 13.5. The van der Waals surface area contributed by atoms with Gasteiger partial charge in [0, 0.05) is 7.05 Å². The fourth-order valence-electron chi connectivity index (χ4n) is 5.09. The molecule has 2 aliphatic heterocycles. The zero-order chi connectivity index (χ0) is 21.6. The van der Waals surface area contributed by atoms with Crippen LogP contribution in [0.15, 0.2) is 53.1 Å². The smallest absolute Gasteiger partial charge is 0.239 e. The Morgan fingerprint density at radius 1 is 1.13 bits per heavy atom. The lowest BCUT2D eigenvalue weighted by Crippen LogP contribution is -2.54. The SMILES string of the molecule is CN1C(=O)[C@@H](c2ccc(C3CC3)cc2)[C@@](C)(C2=CC(N3CCCC3)C#CC=C2)N=C1N. The topological polar surface area (TPSA) is 61.9 Å². The number of carbonyl (C=O) groups excluding carboxylic acids is 1. The third-order valence-corrected chi connectivity index (χ3v) is 7.18. The Balaban J connectivity index is 1.57. The molecule has 1 aromatic rings. The Labute approximate surface area is 184 Å². The molecule has 1 amide bonds. The van der Waals surface area contributed by atoms with E-state index in [-0.39, 0.29) is 17.9 Å². The lowest BCUT2D eigenvalue weighted by molar-refractivity contribution is -0.130. The van der Waals surface area contributed by atoms with Crippen LogP contribution >= 0.6 is 0 Å². The molecular formula is C26H30N4O. The Morgan fingerprint density at radius 3 is 2.48 bits per heavy atom. The molecular weight excluding hydrogens is 384 g/mol. The van der Waals surface area contributed by atoms with E-state index in [4.69, 9.17) is 10.7 Å². The highest BCUT2D eigenvalue weighted by Crippen LogP contribution is 2.44. The highest BCUT2D eigenvalue weighted by atomic mass is 16.2. The first-order valence-corrected chi connectivity index (χ1v) is 11.3. The van der Waals surface area contributed by atoms with Gasteiger partial charge >= 0.3 is 0 Å². The summed E-state index contributed by atoms with van der Waals surface area (Å²) >= 11 is 0. The molecule has 0 aromatic heterocycles. The second kappa shape index (κ2) is 7.69. The van der Waals surface area contributed by atoms with Crippen LogP contribution in [-0.2, 0) is 4.79 Å². The van der Waals surface area contributed by atoms with Gasteiger partial charge in [-0.1, -0.05) is 36.1 Å². The average molecular weight is 415 g/mol. The molecule has 5 heteroatoms. The number of nitrogens with zero attached hydrogens (tertiary/aromatic N) is 3. The van der Waals surface area contributed by atoms with Crippen LogP contribution in [0.25, 0.3) is 0 Å². The Kier molecular flexibility index (Phi) is 4.98. The van der Waals surface area contributed by atoms with Crippen molar-refractivity contribution >= 4 is 11.9 Å². The number of aliphatic imine (C=N–C) groups is 1. The maximum Gasteiger partial charge on any atom is 0.239 e. The Hall–Kier alpha value is -2.84. The average Bonchev–Trinajstić information content (AvgIpc) is 3.53. The molecule has 2 fully saturated rings. The molecule has 3 atom stereocenters. The standard InChI is InChI=1S/C26H30N4O/c1-26(21-7-3-4-8-22(17-21)30-15-5-6-16-30)23(24(31)29(2)25(27)28-26)20-13-11-19(12-14-20)18-9-10-18/h3,7,11-14,17-18,22-23H,5-6,9-10,15-16H2,1-2H3,(H2,27,28)/t22?,23-,26-/m1/s1. The highest BCUT2D eigenvalue weighted by Gasteiger charge is 2.48. The van der Waals surface area contributed by atoms with Crippen LogP contribution in [0, 0.1) is 11.8 Å². The molecule has 1 saturated heterocycles. The number of amides is 1. The van der Waals surface area contributed by atoms with Crippen LogP contribution in [0.2, 0.25) is 0 Å². The fourth-order valence-corrected chi connectivity index (χ4v) is 5.09. The van der Waals surface area contributed by atoms with Gasteiger partial charge in [-0.05, 0) is 86.5 Å². The van der Waals surface area contributed by atoms with Crippen LogP contribution < -0.4 is 5.73 Å². The van der Waals surface area contributed by atoms with Gasteiger partial charge in [0.05, 0.1) is 12.0 Å². The van der Waals surface area contributed by atoms with Gasteiger partial charge in [0.2, 0.25) is 5.91 Å². The zero-order valence-electron chi connectivity index (χ0n) is 18.3. The largest absolute Gasteiger partial charge is 0.369 e. The van der Waals surface area contributed by atoms with E-state index < -0.39 is 11.5 Å². The summed E-state index contributed by atoms with van der Waals surface area (Å²) < 4.78 is 0. The highest BCUT2D eigenvalue weighted by molar-refractivity contribution is 6.03. The molecule has 0 spiro atoms. The Bertz CT molecular complexity index is 1030. The predicted molar refractivity (Wildman–Crippen MR) is 124 cm³/mol. The van der Waals surface area contributed by atoms with Crippen molar-refractivity contribution in [3.8, 4) is 11.8 Å². The number of carbonyl (C=O) groups is 1. The van der Waals surface area contributed by atoms with Crippen molar-refractivity contribution in [3.63, 3.8) is 0 Å². The number of rotatable bonds is 4. The number of allylic oxidation sites excluding steroid dienone is 1. The third kappa shape index (κ3) is 3.59. The summed E-state index contributed by atoms with van der Waals surface area (Å²) in [6.45, 7) is 4.14. The molecule has 160 valence electrons. The van der Waals surface area contributed by atoms with Crippen molar-refractivity contribution in [1.29, 1.82) is 0 Å². The van der Waals surface area contributed by atoms with Gasteiger partial charge in [-0.15, -0.1) is 0 Å². The minimum atomic E-state index is -0.795. The summed E-state index contributed by atoms with van der Waals surface area (Å²) in [4.78, 5) is 22.3. The summed E-state index contributed by atoms with van der Waals surface area (Å²) in [5.74, 6) is 7.02. The van der Waals surface area contributed by atoms with E-state index in [0.717, 1.165) is 24.2 Å². The number of likely N-dealkylation sites (tertiary alicyclic amines) is 1. The van der Waals surface area contributed by atoms with Crippen molar-refractivity contribution in [1.82, 2.24) is 9.80 Å². The molecule has 1 aromatic carbocycles. The molecule has 2 heterocycles. The number of hydrogen-bond donors (Lipinski definition) is 1. The molecule has 2 aliphatic carbocycles. The van der Waals surface area contributed by atoms with Crippen LogP contribution in [0.1, 0.15) is 55.6 Å². The van der Waals surface area contributed by atoms with Gasteiger partial charge < -0.3 is 5.73 Å².